The molecule has 2 aromatic rings. The molecule has 0 saturated heterocycles. The molecule has 1 aliphatic carbocycles. The fourth-order valence-electron chi connectivity index (χ4n) is 2.89. The van der Waals surface area contributed by atoms with Gasteiger partial charge in [-0.2, -0.15) is 0 Å². The van der Waals surface area contributed by atoms with Crippen LogP contribution in [0.3, 0.4) is 0 Å². The van der Waals surface area contributed by atoms with E-state index in [1.165, 1.54) is 25.7 Å². The normalized spacial score (nSPS) is 14.5. The first-order valence-corrected chi connectivity index (χ1v) is 9.38. The summed E-state index contributed by atoms with van der Waals surface area (Å²) in [5, 5.41) is 6.58. The number of carbonyl (C=O) groups excluding carboxylic acids is 1. The number of hydrogen-bond acceptors (Lipinski definition) is 3. The van der Waals surface area contributed by atoms with Crippen molar-refractivity contribution in [3.8, 4) is 0 Å². The standard InChI is InChI=1S/C19H23N3OS/c23-19(21-13-11-15-6-5-12-20-14-15)22-17-9-3-4-10-18(17)24-16-7-1-2-8-16/h3-6,9-10,12,14,16H,1-2,7-8,11,13H2,(H2,21,22,23). The van der Waals surface area contributed by atoms with E-state index in [4.69, 9.17) is 0 Å². The lowest BCUT2D eigenvalue weighted by Crippen LogP contribution is -2.30. The highest BCUT2D eigenvalue weighted by atomic mass is 32.2. The maximum absolute atomic E-state index is 12.1. The number of aromatic nitrogens is 1. The van der Waals surface area contributed by atoms with Gasteiger partial charge in [-0.15, -0.1) is 11.8 Å². The summed E-state index contributed by atoms with van der Waals surface area (Å²) < 4.78 is 0. The molecule has 0 unspecified atom stereocenters. The van der Waals surface area contributed by atoms with Crippen molar-refractivity contribution in [3.05, 3.63) is 54.4 Å². The molecule has 2 amide bonds. The number of para-hydroxylation sites is 1. The maximum atomic E-state index is 12.1. The highest BCUT2D eigenvalue weighted by Crippen LogP contribution is 2.37. The number of urea groups is 1. The van der Waals surface area contributed by atoms with Crippen molar-refractivity contribution in [1.29, 1.82) is 0 Å². The topological polar surface area (TPSA) is 54.0 Å². The number of nitrogens with one attached hydrogen (secondary N) is 2. The summed E-state index contributed by atoms with van der Waals surface area (Å²) in [5.41, 5.74) is 2.02. The molecule has 2 N–H and O–H groups in total. The van der Waals surface area contributed by atoms with Gasteiger partial charge in [0, 0.05) is 29.1 Å². The second-order valence-corrected chi connectivity index (χ2v) is 7.35. The Bertz CT molecular complexity index is 657. The van der Waals surface area contributed by atoms with E-state index in [1.54, 1.807) is 6.20 Å². The molecule has 1 aromatic heterocycles. The van der Waals surface area contributed by atoms with Crippen LogP contribution in [0, 0.1) is 0 Å². The zero-order chi connectivity index (χ0) is 16.6. The van der Waals surface area contributed by atoms with E-state index in [2.05, 4.69) is 21.7 Å². The summed E-state index contributed by atoms with van der Waals surface area (Å²) in [6.07, 6.45) is 9.55. The number of rotatable bonds is 6. The molecule has 1 aliphatic rings. The van der Waals surface area contributed by atoms with Crippen LogP contribution in [0.4, 0.5) is 10.5 Å². The quantitative estimate of drug-likeness (QED) is 0.814. The van der Waals surface area contributed by atoms with Crippen LogP contribution in [0.1, 0.15) is 31.2 Å². The summed E-state index contributed by atoms with van der Waals surface area (Å²) in [7, 11) is 0. The number of amides is 2. The Morgan fingerprint density at radius 1 is 1.17 bits per heavy atom. The number of pyridine rings is 1. The van der Waals surface area contributed by atoms with Gasteiger partial charge in [0.15, 0.2) is 0 Å². The Labute approximate surface area is 147 Å². The summed E-state index contributed by atoms with van der Waals surface area (Å²) in [6, 6.07) is 11.8. The number of nitrogens with zero attached hydrogens (tertiary/aromatic N) is 1. The lowest BCUT2D eigenvalue weighted by atomic mass is 10.2. The van der Waals surface area contributed by atoms with Crippen LogP contribution < -0.4 is 10.6 Å². The molecule has 1 fully saturated rings. The van der Waals surface area contributed by atoms with Gasteiger partial charge in [-0.3, -0.25) is 4.98 Å². The van der Waals surface area contributed by atoms with Gasteiger partial charge in [-0.1, -0.05) is 31.0 Å². The number of thioether (sulfide) groups is 1. The van der Waals surface area contributed by atoms with E-state index in [1.807, 2.05) is 48.3 Å². The third-order valence-corrected chi connectivity index (χ3v) is 5.57. The van der Waals surface area contributed by atoms with Gasteiger partial charge in [0.2, 0.25) is 0 Å². The number of anilines is 1. The summed E-state index contributed by atoms with van der Waals surface area (Å²) in [4.78, 5) is 17.4. The van der Waals surface area contributed by atoms with Gasteiger partial charge < -0.3 is 10.6 Å². The zero-order valence-electron chi connectivity index (χ0n) is 13.7. The highest BCUT2D eigenvalue weighted by Gasteiger charge is 2.18. The van der Waals surface area contributed by atoms with Gasteiger partial charge in [0.05, 0.1) is 5.69 Å². The Morgan fingerprint density at radius 3 is 2.79 bits per heavy atom. The number of carbonyl (C=O) groups is 1. The van der Waals surface area contributed by atoms with Crippen molar-refractivity contribution < 1.29 is 4.79 Å². The molecule has 1 heterocycles. The van der Waals surface area contributed by atoms with Gasteiger partial charge in [0.1, 0.15) is 0 Å². The third kappa shape index (κ3) is 4.99. The first-order valence-electron chi connectivity index (χ1n) is 8.51. The third-order valence-electron chi connectivity index (χ3n) is 4.15. The van der Waals surface area contributed by atoms with Crippen molar-refractivity contribution in [2.75, 3.05) is 11.9 Å². The summed E-state index contributed by atoms with van der Waals surface area (Å²) >= 11 is 1.89. The highest BCUT2D eigenvalue weighted by molar-refractivity contribution is 8.00. The van der Waals surface area contributed by atoms with Crippen LogP contribution >= 0.6 is 11.8 Å². The molecule has 0 radical (unpaired) electrons. The van der Waals surface area contributed by atoms with Crippen molar-refractivity contribution in [3.63, 3.8) is 0 Å². The number of benzene rings is 1. The summed E-state index contributed by atoms with van der Waals surface area (Å²) in [5.74, 6) is 0. The predicted molar refractivity (Wildman–Crippen MR) is 99.5 cm³/mol. The van der Waals surface area contributed by atoms with E-state index in [9.17, 15) is 4.79 Å². The van der Waals surface area contributed by atoms with Gasteiger partial charge in [0.25, 0.3) is 0 Å². The maximum Gasteiger partial charge on any atom is 0.319 e. The van der Waals surface area contributed by atoms with E-state index in [0.29, 0.717) is 11.8 Å². The minimum atomic E-state index is -0.154. The van der Waals surface area contributed by atoms with Crippen LogP contribution in [0.25, 0.3) is 0 Å². The van der Waals surface area contributed by atoms with E-state index in [0.717, 1.165) is 22.6 Å². The molecule has 3 rings (SSSR count). The Morgan fingerprint density at radius 2 is 2.00 bits per heavy atom. The fourth-order valence-corrected chi connectivity index (χ4v) is 4.22. The smallest absolute Gasteiger partial charge is 0.319 e. The summed E-state index contributed by atoms with van der Waals surface area (Å²) in [6.45, 7) is 0.593. The Hall–Kier alpha value is -2.01. The molecule has 1 aromatic carbocycles. The monoisotopic (exact) mass is 341 g/mol. The predicted octanol–water partition coefficient (Wildman–Crippen LogP) is 4.48. The van der Waals surface area contributed by atoms with Crippen LogP contribution in [-0.2, 0) is 6.42 Å². The number of hydrogen-bond donors (Lipinski definition) is 2. The Balaban J connectivity index is 1.50. The van der Waals surface area contributed by atoms with Crippen molar-refractivity contribution in [2.45, 2.75) is 42.2 Å². The second kappa shape index (κ2) is 8.73. The van der Waals surface area contributed by atoms with E-state index < -0.39 is 0 Å². The molecule has 0 atom stereocenters. The van der Waals surface area contributed by atoms with E-state index in [-0.39, 0.29) is 6.03 Å². The molecule has 0 spiro atoms. The molecular formula is C19H23N3OS. The lowest BCUT2D eigenvalue weighted by molar-refractivity contribution is 0.252. The van der Waals surface area contributed by atoms with Crippen molar-refractivity contribution in [2.24, 2.45) is 0 Å². The fraction of sp³-hybridized carbons (Fsp3) is 0.368. The molecule has 0 aliphatic heterocycles. The van der Waals surface area contributed by atoms with E-state index >= 15 is 0 Å². The average Bonchev–Trinajstić information content (AvgIpc) is 3.11. The SMILES string of the molecule is O=C(NCCc1cccnc1)Nc1ccccc1SC1CCCC1. The molecule has 126 valence electrons. The van der Waals surface area contributed by atoms with Crippen LogP contribution in [-0.4, -0.2) is 22.8 Å². The van der Waals surface area contributed by atoms with Gasteiger partial charge in [-0.05, 0) is 43.0 Å². The minimum absolute atomic E-state index is 0.154. The van der Waals surface area contributed by atoms with Gasteiger partial charge >= 0.3 is 6.03 Å². The first-order chi connectivity index (χ1) is 11.8. The van der Waals surface area contributed by atoms with Crippen LogP contribution in [0.15, 0.2) is 53.7 Å². The first kappa shape index (κ1) is 16.8. The molecule has 4 nitrogen and oxygen atoms in total. The molecule has 0 bridgehead atoms. The van der Waals surface area contributed by atoms with Crippen molar-refractivity contribution >= 4 is 23.5 Å². The van der Waals surface area contributed by atoms with Crippen molar-refractivity contribution in [1.82, 2.24) is 10.3 Å². The largest absolute Gasteiger partial charge is 0.338 e. The van der Waals surface area contributed by atoms with Crippen LogP contribution in [0.2, 0.25) is 0 Å². The molecular weight excluding hydrogens is 318 g/mol. The van der Waals surface area contributed by atoms with Gasteiger partial charge in [-0.25, -0.2) is 4.79 Å². The molecule has 1 saturated carbocycles. The van der Waals surface area contributed by atoms with Crippen LogP contribution in [0.5, 0.6) is 0 Å². The second-order valence-electron chi connectivity index (χ2n) is 6.01. The Kier molecular flexibility index (Phi) is 6.13. The molecule has 5 heteroatoms. The lowest BCUT2D eigenvalue weighted by Gasteiger charge is -2.14. The average molecular weight is 341 g/mol. The zero-order valence-corrected chi connectivity index (χ0v) is 14.5. The minimum Gasteiger partial charge on any atom is -0.338 e. The molecule has 24 heavy (non-hydrogen) atoms.